The van der Waals surface area contributed by atoms with Gasteiger partial charge in [-0.05, 0) is 38.4 Å². The van der Waals surface area contributed by atoms with E-state index in [9.17, 15) is 4.79 Å². The molecule has 1 heterocycles. The number of aryl methyl sites for hydroxylation is 1. The lowest BCUT2D eigenvalue weighted by Crippen LogP contribution is -2.38. The van der Waals surface area contributed by atoms with Gasteiger partial charge < -0.3 is 15.4 Å². The molecule has 1 aliphatic rings. The molecule has 104 valence electrons. The van der Waals surface area contributed by atoms with Gasteiger partial charge in [-0.2, -0.15) is 0 Å². The third-order valence-corrected chi connectivity index (χ3v) is 3.42. The van der Waals surface area contributed by atoms with Gasteiger partial charge in [0.1, 0.15) is 11.9 Å². The average molecular weight is 262 g/mol. The van der Waals surface area contributed by atoms with Crippen molar-refractivity contribution < 1.29 is 9.53 Å². The van der Waals surface area contributed by atoms with Crippen molar-refractivity contribution in [2.45, 2.75) is 26.4 Å². The third-order valence-electron chi connectivity index (χ3n) is 3.42. The number of rotatable bonds is 5. The molecule has 1 saturated heterocycles. The summed E-state index contributed by atoms with van der Waals surface area (Å²) >= 11 is 0. The fourth-order valence-corrected chi connectivity index (χ4v) is 2.21. The molecule has 1 fully saturated rings. The maximum absolute atomic E-state index is 11.9. The Morgan fingerprint density at radius 1 is 1.53 bits per heavy atom. The van der Waals surface area contributed by atoms with E-state index in [0.717, 1.165) is 30.8 Å². The molecule has 4 nitrogen and oxygen atoms in total. The molecule has 1 amide bonds. The van der Waals surface area contributed by atoms with Gasteiger partial charge in [0.15, 0.2) is 0 Å². The average Bonchev–Trinajstić information content (AvgIpc) is 2.93. The molecular weight excluding hydrogens is 240 g/mol. The fraction of sp³-hybridized carbons (Fsp3) is 0.533. The van der Waals surface area contributed by atoms with Crippen LogP contribution in [0.5, 0.6) is 5.75 Å². The van der Waals surface area contributed by atoms with Crippen LogP contribution in [0.1, 0.15) is 18.9 Å². The van der Waals surface area contributed by atoms with Gasteiger partial charge >= 0.3 is 0 Å². The van der Waals surface area contributed by atoms with Gasteiger partial charge in [-0.15, -0.1) is 0 Å². The molecule has 0 radical (unpaired) electrons. The largest absolute Gasteiger partial charge is 0.489 e. The summed E-state index contributed by atoms with van der Waals surface area (Å²) in [5.41, 5.74) is 1.11. The van der Waals surface area contributed by atoms with Crippen molar-refractivity contribution in [3.05, 3.63) is 29.8 Å². The number of para-hydroxylation sites is 1. The van der Waals surface area contributed by atoms with Gasteiger partial charge in [0.25, 0.3) is 0 Å². The predicted molar refractivity (Wildman–Crippen MR) is 75.3 cm³/mol. The lowest BCUT2D eigenvalue weighted by molar-refractivity contribution is -0.124. The minimum absolute atomic E-state index is 0.0283. The van der Waals surface area contributed by atoms with Gasteiger partial charge in [-0.1, -0.05) is 18.2 Å². The Balaban J connectivity index is 1.76. The van der Waals surface area contributed by atoms with Crippen molar-refractivity contribution in [2.75, 3.05) is 19.6 Å². The first kappa shape index (κ1) is 13.9. The fourth-order valence-electron chi connectivity index (χ4n) is 2.21. The second kappa shape index (κ2) is 6.57. The molecule has 1 aromatic rings. The van der Waals surface area contributed by atoms with Crippen LogP contribution in [0, 0.1) is 12.8 Å². The summed E-state index contributed by atoms with van der Waals surface area (Å²) in [6.45, 7) is 6.26. The number of hydrogen-bond acceptors (Lipinski definition) is 3. The van der Waals surface area contributed by atoms with Crippen LogP contribution in [0.2, 0.25) is 0 Å². The Morgan fingerprint density at radius 3 is 3.00 bits per heavy atom. The van der Waals surface area contributed by atoms with E-state index in [4.69, 9.17) is 4.74 Å². The molecular formula is C15H22N2O2. The highest BCUT2D eigenvalue weighted by Gasteiger charge is 2.22. The van der Waals surface area contributed by atoms with Gasteiger partial charge in [0, 0.05) is 6.54 Å². The van der Waals surface area contributed by atoms with E-state index >= 15 is 0 Å². The molecule has 2 atom stereocenters. The van der Waals surface area contributed by atoms with Crippen LogP contribution in [0.4, 0.5) is 0 Å². The van der Waals surface area contributed by atoms with E-state index in [0.29, 0.717) is 6.54 Å². The van der Waals surface area contributed by atoms with Crippen LogP contribution in [0.25, 0.3) is 0 Å². The van der Waals surface area contributed by atoms with Gasteiger partial charge in [0.2, 0.25) is 5.91 Å². The summed E-state index contributed by atoms with van der Waals surface area (Å²) in [6, 6.07) is 7.92. The highest BCUT2D eigenvalue weighted by molar-refractivity contribution is 5.79. The van der Waals surface area contributed by atoms with Crippen LogP contribution < -0.4 is 15.4 Å². The van der Waals surface area contributed by atoms with E-state index in [1.54, 1.807) is 0 Å². The summed E-state index contributed by atoms with van der Waals surface area (Å²) < 4.78 is 5.83. The summed E-state index contributed by atoms with van der Waals surface area (Å²) in [7, 11) is 0. The first-order valence-electron chi connectivity index (χ1n) is 6.87. The first-order valence-corrected chi connectivity index (χ1v) is 6.87. The van der Waals surface area contributed by atoms with E-state index in [2.05, 4.69) is 10.6 Å². The maximum Gasteiger partial charge on any atom is 0.224 e. The van der Waals surface area contributed by atoms with Crippen molar-refractivity contribution in [2.24, 2.45) is 5.92 Å². The highest BCUT2D eigenvalue weighted by atomic mass is 16.5. The normalized spacial score (nSPS) is 20.0. The SMILES string of the molecule is Cc1ccccc1OC(C)CNC(=O)C1CCNC1. The Labute approximate surface area is 114 Å². The zero-order valence-corrected chi connectivity index (χ0v) is 11.6. The second-order valence-electron chi connectivity index (χ2n) is 5.13. The number of benzene rings is 1. The summed E-state index contributed by atoms with van der Waals surface area (Å²) in [5.74, 6) is 1.13. The molecule has 0 saturated carbocycles. The standard InChI is InChI=1S/C15H22N2O2/c1-11-5-3-4-6-14(11)19-12(2)9-17-15(18)13-7-8-16-10-13/h3-6,12-13,16H,7-10H2,1-2H3,(H,17,18). The van der Waals surface area contributed by atoms with Crippen molar-refractivity contribution in [1.29, 1.82) is 0 Å². The van der Waals surface area contributed by atoms with E-state index in [-0.39, 0.29) is 17.9 Å². The molecule has 1 aromatic carbocycles. The quantitative estimate of drug-likeness (QED) is 0.845. The molecule has 4 heteroatoms. The molecule has 2 N–H and O–H groups in total. The van der Waals surface area contributed by atoms with Crippen molar-refractivity contribution in [3.63, 3.8) is 0 Å². The van der Waals surface area contributed by atoms with Crippen LogP contribution in [-0.4, -0.2) is 31.6 Å². The molecule has 0 aliphatic carbocycles. The number of hydrogen-bond donors (Lipinski definition) is 2. The predicted octanol–water partition coefficient (Wildman–Crippen LogP) is 1.49. The number of carbonyl (C=O) groups is 1. The molecule has 0 spiro atoms. The van der Waals surface area contributed by atoms with Gasteiger partial charge in [0.05, 0.1) is 12.5 Å². The molecule has 19 heavy (non-hydrogen) atoms. The molecule has 0 aromatic heterocycles. The molecule has 0 bridgehead atoms. The topological polar surface area (TPSA) is 50.4 Å². The number of amides is 1. The van der Waals surface area contributed by atoms with E-state index < -0.39 is 0 Å². The number of ether oxygens (including phenoxy) is 1. The van der Waals surface area contributed by atoms with Crippen LogP contribution in [0.15, 0.2) is 24.3 Å². The zero-order chi connectivity index (χ0) is 13.7. The Hall–Kier alpha value is -1.55. The van der Waals surface area contributed by atoms with E-state index in [1.165, 1.54) is 0 Å². The Kier molecular flexibility index (Phi) is 4.80. The molecule has 1 aliphatic heterocycles. The summed E-state index contributed by atoms with van der Waals surface area (Å²) in [6.07, 6.45) is 0.901. The monoisotopic (exact) mass is 262 g/mol. The maximum atomic E-state index is 11.9. The van der Waals surface area contributed by atoms with Crippen molar-refractivity contribution >= 4 is 5.91 Å². The van der Waals surface area contributed by atoms with Gasteiger partial charge in [-0.25, -0.2) is 0 Å². The lowest BCUT2D eigenvalue weighted by Gasteiger charge is -2.18. The number of carbonyl (C=O) groups excluding carboxylic acids is 1. The molecule has 2 rings (SSSR count). The summed E-state index contributed by atoms with van der Waals surface area (Å²) in [4.78, 5) is 11.9. The van der Waals surface area contributed by atoms with Crippen molar-refractivity contribution in [1.82, 2.24) is 10.6 Å². The highest BCUT2D eigenvalue weighted by Crippen LogP contribution is 2.17. The number of nitrogens with one attached hydrogen (secondary N) is 2. The van der Waals surface area contributed by atoms with E-state index in [1.807, 2.05) is 38.1 Å². The Morgan fingerprint density at radius 2 is 2.32 bits per heavy atom. The van der Waals surface area contributed by atoms with Crippen LogP contribution >= 0.6 is 0 Å². The van der Waals surface area contributed by atoms with Crippen LogP contribution in [-0.2, 0) is 4.79 Å². The van der Waals surface area contributed by atoms with Crippen molar-refractivity contribution in [3.8, 4) is 5.75 Å². The van der Waals surface area contributed by atoms with Crippen LogP contribution in [0.3, 0.4) is 0 Å². The second-order valence-corrected chi connectivity index (χ2v) is 5.13. The Bertz CT molecular complexity index is 428. The van der Waals surface area contributed by atoms with Gasteiger partial charge in [-0.3, -0.25) is 4.79 Å². The summed E-state index contributed by atoms with van der Waals surface area (Å²) in [5, 5.41) is 6.16. The lowest BCUT2D eigenvalue weighted by atomic mass is 10.1. The third kappa shape index (κ3) is 3.96. The minimum Gasteiger partial charge on any atom is -0.489 e. The first-order chi connectivity index (χ1) is 9.16. The zero-order valence-electron chi connectivity index (χ0n) is 11.6. The smallest absolute Gasteiger partial charge is 0.224 e. The molecule has 2 unspecified atom stereocenters. The minimum atomic E-state index is -0.0283.